The zero-order valence-electron chi connectivity index (χ0n) is 16.0. The van der Waals surface area contributed by atoms with Gasteiger partial charge < -0.3 is 10.4 Å². The summed E-state index contributed by atoms with van der Waals surface area (Å²) in [6, 6.07) is 8.42. The number of carbonyl (C=O) groups excluding carboxylic acids is 1. The van der Waals surface area contributed by atoms with E-state index in [1.54, 1.807) is 6.07 Å². The van der Waals surface area contributed by atoms with Crippen LogP contribution >= 0.6 is 0 Å². The monoisotopic (exact) mass is 379 g/mol. The third-order valence-corrected chi connectivity index (χ3v) is 6.79. The van der Waals surface area contributed by atoms with E-state index in [-0.39, 0.29) is 22.9 Å². The standard InChI is InChI=1S/C22H25N3O3/c1-13-3-2-4-17(5-13)25-19(27)9-18(26)20(24-25)21(28)23-22-10-14-6-15(11-22)8-16(7-14)12-22/h2-5,9,14-16,26H,6-8,10-12H2,1H3,(H,23,28). The summed E-state index contributed by atoms with van der Waals surface area (Å²) >= 11 is 0. The first-order chi connectivity index (χ1) is 13.4. The van der Waals surface area contributed by atoms with E-state index in [1.807, 2.05) is 25.1 Å². The van der Waals surface area contributed by atoms with E-state index in [0.717, 1.165) is 30.9 Å². The van der Waals surface area contributed by atoms with E-state index in [9.17, 15) is 14.7 Å². The number of nitrogens with one attached hydrogen (secondary N) is 1. The van der Waals surface area contributed by atoms with E-state index >= 15 is 0 Å². The van der Waals surface area contributed by atoms with Gasteiger partial charge in [0.15, 0.2) is 11.4 Å². The summed E-state index contributed by atoms with van der Waals surface area (Å²) in [4.78, 5) is 25.4. The van der Waals surface area contributed by atoms with E-state index < -0.39 is 5.56 Å². The van der Waals surface area contributed by atoms with Crippen molar-refractivity contribution < 1.29 is 9.90 Å². The molecule has 1 aromatic heterocycles. The van der Waals surface area contributed by atoms with Crippen molar-refractivity contribution >= 4 is 5.91 Å². The van der Waals surface area contributed by atoms with Crippen LogP contribution in [0.2, 0.25) is 0 Å². The van der Waals surface area contributed by atoms with Crippen molar-refractivity contribution in [1.82, 2.24) is 15.1 Å². The first-order valence-corrected chi connectivity index (χ1v) is 10.1. The molecule has 1 heterocycles. The summed E-state index contributed by atoms with van der Waals surface area (Å²) in [5, 5.41) is 17.7. The van der Waals surface area contributed by atoms with Crippen molar-refractivity contribution in [2.24, 2.45) is 17.8 Å². The molecule has 0 aliphatic heterocycles. The Morgan fingerprint density at radius 3 is 2.39 bits per heavy atom. The Labute approximate surface area is 163 Å². The van der Waals surface area contributed by atoms with Crippen molar-refractivity contribution in [3.05, 3.63) is 51.9 Å². The second-order valence-electron chi connectivity index (χ2n) is 9.12. The lowest BCUT2D eigenvalue weighted by molar-refractivity contribution is -0.0168. The van der Waals surface area contributed by atoms with Crippen molar-refractivity contribution in [3.8, 4) is 11.4 Å². The number of aryl methyl sites for hydroxylation is 1. The molecule has 0 saturated heterocycles. The van der Waals surface area contributed by atoms with Gasteiger partial charge in [-0.25, -0.2) is 0 Å². The molecule has 6 rings (SSSR count). The maximum absolute atomic E-state index is 13.1. The highest BCUT2D eigenvalue weighted by molar-refractivity contribution is 5.95. The number of aromatic nitrogens is 2. The van der Waals surface area contributed by atoms with Crippen molar-refractivity contribution in [2.45, 2.75) is 51.0 Å². The van der Waals surface area contributed by atoms with Crippen molar-refractivity contribution in [2.75, 3.05) is 0 Å². The molecular formula is C22H25N3O3. The molecule has 0 atom stereocenters. The molecule has 1 amide bonds. The molecule has 4 saturated carbocycles. The molecule has 6 nitrogen and oxygen atoms in total. The average molecular weight is 379 g/mol. The Morgan fingerprint density at radius 1 is 1.14 bits per heavy atom. The van der Waals surface area contributed by atoms with Gasteiger partial charge in [-0.1, -0.05) is 12.1 Å². The highest BCUT2D eigenvalue weighted by Gasteiger charge is 2.51. The molecule has 4 aliphatic rings. The number of hydrogen-bond acceptors (Lipinski definition) is 4. The first-order valence-electron chi connectivity index (χ1n) is 10.1. The molecule has 4 fully saturated rings. The van der Waals surface area contributed by atoms with Crippen LogP contribution in [0.3, 0.4) is 0 Å². The van der Waals surface area contributed by atoms with Crippen LogP contribution in [0.15, 0.2) is 35.1 Å². The summed E-state index contributed by atoms with van der Waals surface area (Å²) in [6.45, 7) is 1.93. The lowest BCUT2D eigenvalue weighted by atomic mass is 9.53. The summed E-state index contributed by atoms with van der Waals surface area (Å²) in [5.74, 6) is 1.36. The van der Waals surface area contributed by atoms with Gasteiger partial charge in [0.25, 0.3) is 11.5 Å². The van der Waals surface area contributed by atoms with Crippen LogP contribution in [0.5, 0.6) is 5.75 Å². The second-order valence-corrected chi connectivity index (χ2v) is 9.12. The van der Waals surface area contributed by atoms with Gasteiger partial charge in [0.05, 0.1) is 5.69 Å². The third-order valence-electron chi connectivity index (χ3n) is 6.79. The van der Waals surface area contributed by atoms with Crippen LogP contribution in [0.25, 0.3) is 5.69 Å². The van der Waals surface area contributed by atoms with E-state index in [1.165, 1.54) is 23.9 Å². The summed E-state index contributed by atoms with van der Waals surface area (Å²) in [7, 11) is 0. The Kier molecular flexibility index (Phi) is 3.86. The Balaban J connectivity index is 1.47. The highest BCUT2D eigenvalue weighted by Crippen LogP contribution is 2.55. The molecule has 0 spiro atoms. The highest BCUT2D eigenvalue weighted by atomic mass is 16.3. The quantitative estimate of drug-likeness (QED) is 0.859. The fraction of sp³-hybridized carbons (Fsp3) is 0.500. The van der Waals surface area contributed by atoms with Gasteiger partial charge in [0.2, 0.25) is 0 Å². The number of hydrogen-bond donors (Lipinski definition) is 2. The van der Waals surface area contributed by atoms with Crippen LogP contribution in [0, 0.1) is 24.7 Å². The van der Waals surface area contributed by atoms with Gasteiger partial charge in [0, 0.05) is 11.6 Å². The maximum Gasteiger partial charge on any atom is 0.276 e. The summed E-state index contributed by atoms with van der Waals surface area (Å²) in [5.41, 5.74) is 0.837. The van der Waals surface area contributed by atoms with Crippen LogP contribution in [-0.2, 0) is 0 Å². The molecule has 4 aliphatic carbocycles. The summed E-state index contributed by atoms with van der Waals surface area (Å²) < 4.78 is 1.18. The van der Waals surface area contributed by atoms with Crippen molar-refractivity contribution in [1.29, 1.82) is 0 Å². The van der Waals surface area contributed by atoms with Gasteiger partial charge in [0.1, 0.15) is 0 Å². The predicted octanol–water partition coefficient (Wildman–Crippen LogP) is 2.95. The minimum atomic E-state index is -0.463. The topological polar surface area (TPSA) is 84.2 Å². The Bertz CT molecular complexity index is 975. The fourth-order valence-electron chi connectivity index (χ4n) is 6.12. The number of nitrogens with zero attached hydrogens (tertiary/aromatic N) is 2. The maximum atomic E-state index is 13.1. The molecular weight excluding hydrogens is 354 g/mol. The Morgan fingerprint density at radius 2 is 1.79 bits per heavy atom. The van der Waals surface area contributed by atoms with Gasteiger partial charge in [-0.2, -0.15) is 9.78 Å². The van der Waals surface area contributed by atoms with Gasteiger partial charge in [-0.3, -0.25) is 9.59 Å². The van der Waals surface area contributed by atoms with Gasteiger partial charge >= 0.3 is 0 Å². The SMILES string of the molecule is Cc1cccc(-n2nc(C(=O)NC34CC5CC(CC(C5)C3)C4)c(O)cc2=O)c1. The molecule has 2 N–H and O–H groups in total. The second kappa shape index (κ2) is 6.19. The van der Waals surface area contributed by atoms with Crippen LogP contribution in [0.4, 0.5) is 0 Å². The molecule has 28 heavy (non-hydrogen) atoms. The molecule has 0 unspecified atom stereocenters. The van der Waals surface area contributed by atoms with Gasteiger partial charge in [-0.15, -0.1) is 0 Å². The minimum Gasteiger partial charge on any atom is -0.505 e. The van der Waals surface area contributed by atoms with E-state index in [2.05, 4.69) is 10.4 Å². The van der Waals surface area contributed by atoms with Crippen LogP contribution in [-0.4, -0.2) is 26.3 Å². The average Bonchev–Trinajstić information content (AvgIpc) is 2.60. The van der Waals surface area contributed by atoms with Crippen LogP contribution in [0.1, 0.15) is 54.6 Å². The van der Waals surface area contributed by atoms with E-state index in [4.69, 9.17) is 0 Å². The lowest BCUT2D eigenvalue weighted by Gasteiger charge is -2.56. The zero-order valence-corrected chi connectivity index (χ0v) is 16.0. The molecule has 1 aromatic carbocycles. The molecule has 4 bridgehead atoms. The zero-order chi connectivity index (χ0) is 19.5. The number of rotatable bonds is 3. The number of aromatic hydroxyl groups is 1. The molecule has 6 heteroatoms. The van der Waals surface area contributed by atoms with Crippen LogP contribution < -0.4 is 10.9 Å². The number of benzene rings is 1. The molecule has 146 valence electrons. The van der Waals surface area contributed by atoms with E-state index in [0.29, 0.717) is 23.4 Å². The summed E-state index contributed by atoms with van der Waals surface area (Å²) in [6.07, 6.45) is 6.92. The first kappa shape index (κ1) is 17.5. The largest absolute Gasteiger partial charge is 0.505 e. The number of amides is 1. The number of carbonyl (C=O) groups is 1. The fourth-order valence-corrected chi connectivity index (χ4v) is 6.12. The van der Waals surface area contributed by atoms with Gasteiger partial charge in [-0.05, 0) is 80.9 Å². The molecule has 2 aromatic rings. The molecule has 0 radical (unpaired) electrons. The smallest absolute Gasteiger partial charge is 0.276 e. The minimum absolute atomic E-state index is 0.0862. The lowest BCUT2D eigenvalue weighted by Crippen LogP contribution is -2.60. The third kappa shape index (κ3) is 2.91. The normalized spacial score (nSPS) is 30.4. The predicted molar refractivity (Wildman–Crippen MR) is 105 cm³/mol. The van der Waals surface area contributed by atoms with Crippen molar-refractivity contribution in [3.63, 3.8) is 0 Å². The Hall–Kier alpha value is -2.63.